The molecule has 1 heterocycles. The minimum Gasteiger partial charge on any atom is -0.351 e. The summed E-state index contributed by atoms with van der Waals surface area (Å²) >= 11 is 3.57. The maximum absolute atomic E-state index is 4.79. The monoisotopic (exact) mass is 400 g/mol. The third-order valence-electron chi connectivity index (χ3n) is 5.18. The second kappa shape index (κ2) is 6.94. The Balaban J connectivity index is 1.63. The molecule has 2 saturated carbocycles. The molecular formula is C20H25BrN4. The molecule has 1 aromatic heterocycles. The molecule has 5 heteroatoms. The first-order valence-corrected chi connectivity index (χ1v) is 10.1. The van der Waals surface area contributed by atoms with Gasteiger partial charge >= 0.3 is 0 Å². The molecule has 2 aromatic rings. The van der Waals surface area contributed by atoms with E-state index >= 15 is 0 Å². The van der Waals surface area contributed by atoms with Crippen LogP contribution in [0.2, 0.25) is 0 Å². The fourth-order valence-corrected chi connectivity index (χ4v) is 4.36. The molecule has 1 aromatic carbocycles. The van der Waals surface area contributed by atoms with Gasteiger partial charge in [0, 0.05) is 28.2 Å². The van der Waals surface area contributed by atoms with Crippen molar-refractivity contribution in [2.24, 2.45) is 0 Å². The van der Waals surface area contributed by atoms with E-state index in [-0.39, 0.29) is 0 Å². The third-order valence-corrected chi connectivity index (χ3v) is 5.64. The summed E-state index contributed by atoms with van der Waals surface area (Å²) < 4.78 is 1.11. The Morgan fingerprint density at radius 2 is 1.64 bits per heavy atom. The average Bonchev–Trinajstić information content (AvgIpc) is 3.29. The van der Waals surface area contributed by atoms with Crippen LogP contribution in [0, 0.1) is 13.8 Å². The van der Waals surface area contributed by atoms with Crippen molar-refractivity contribution < 1.29 is 0 Å². The van der Waals surface area contributed by atoms with Crippen LogP contribution in [0.5, 0.6) is 0 Å². The van der Waals surface area contributed by atoms with Crippen molar-refractivity contribution in [2.75, 3.05) is 10.6 Å². The van der Waals surface area contributed by atoms with Gasteiger partial charge in [-0.25, -0.2) is 4.98 Å². The summed E-state index contributed by atoms with van der Waals surface area (Å²) in [6.45, 7) is 4.25. The number of nitrogens with one attached hydrogen (secondary N) is 2. The highest BCUT2D eigenvalue weighted by molar-refractivity contribution is 9.10. The first-order chi connectivity index (χ1) is 12.1. The summed E-state index contributed by atoms with van der Waals surface area (Å²) in [7, 11) is 0. The molecule has 0 aliphatic heterocycles. The quantitative estimate of drug-likeness (QED) is 0.662. The number of aryl methyl sites for hydroxylation is 2. The number of rotatable bonds is 5. The van der Waals surface area contributed by atoms with Gasteiger partial charge in [0.15, 0.2) is 0 Å². The van der Waals surface area contributed by atoms with E-state index < -0.39 is 0 Å². The largest absolute Gasteiger partial charge is 0.351 e. The van der Waals surface area contributed by atoms with E-state index in [1.807, 2.05) is 0 Å². The second-order valence-corrected chi connectivity index (χ2v) is 8.36. The lowest BCUT2D eigenvalue weighted by molar-refractivity contribution is 0.742. The summed E-state index contributed by atoms with van der Waals surface area (Å²) in [6.07, 6.45) is 7.56. The topological polar surface area (TPSA) is 49.8 Å². The average molecular weight is 401 g/mol. The van der Waals surface area contributed by atoms with Gasteiger partial charge in [0.25, 0.3) is 0 Å². The fraction of sp³-hybridized carbons (Fsp3) is 0.500. The zero-order valence-corrected chi connectivity index (χ0v) is 16.5. The van der Waals surface area contributed by atoms with E-state index in [4.69, 9.17) is 9.97 Å². The van der Waals surface area contributed by atoms with E-state index in [1.54, 1.807) is 0 Å². The van der Waals surface area contributed by atoms with Gasteiger partial charge < -0.3 is 10.6 Å². The van der Waals surface area contributed by atoms with Gasteiger partial charge in [-0.2, -0.15) is 4.98 Å². The highest BCUT2D eigenvalue weighted by Crippen LogP contribution is 2.40. The van der Waals surface area contributed by atoms with Crippen LogP contribution < -0.4 is 10.6 Å². The molecule has 4 nitrogen and oxygen atoms in total. The molecule has 0 unspecified atom stereocenters. The summed E-state index contributed by atoms with van der Waals surface area (Å²) in [5.74, 6) is 2.29. The SMILES string of the molecule is Cc1cc(Br)cc(C)c1Nc1cc(C2CC2)nc(NC2CCCC2)n1. The lowest BCUT2D eigenvalue weighted by Gasteiger charge is -2.16. The van der Waals surface area contributed by atoms with Crippen LogP contribution in [0.4, 0.5) is 17.5 Å². The molecule has 4 rings (SSSR count). The standard InChI is InChI=1S/C20H25BrN4/c1-12-9-15(21)10-13(2)19(12)24-18-11-17(14-7-8-14)23-20(25-18)22-16-5-3-4-6-16/h9-11,14,16H,3-8H2,1-2H3,(H2,22,23,24,25). The molecule has 0 saturated heterocycles. The Hall–Kier alpha value is -1.62. The Labute approximate surface area is 158 Å². The van der Waals surface area contributed by atoms with E-state index in [0.717, 1.165) is 21.9 Å². The van der Waals surface area contributed by atoms with Crippen molar-refractivity contribution in [3.8, 4) is 0 Å². The predicted octanol–water partition coefficient (Wildman–Crippen LogP) is 5.83. The number of aromatic nitrogens is 2. The first kappa shape index (κ1) is 16.8. The van der Waals surface area contributed by atoms with Crippen molar-refractivity contribution in [3.63, 3.8) is 0 Å². The van der Waals surface area contributed by atoms with Gasteiger partial charge in [0.05, 0.1) is 5.69 Å². The predicted molar refractivity (Wildman–Crippen MR) is 107 cm³/mol. The van der Waals surface area contributed by atoms with Crippen LogP contribution in [-0.2, 0) is 0 Å². The molecule has 25 heavy (non-hydrogen) atoms. The second-order valence-electron chi connectivity index (χ2n) is 7.44. The number of halogens is 1. The highest BCUT2D eigenvalue weighted by Gasteiger charge is 2.27. The normalized spacial score (nSPS) is 17.7. The zero-order chi connectivity index (χ0) is 17.4. The van der Waals surface area contributed by atoms with Gasteiger partial charge in [-0.15, -0.1) is 0 Å². The molecule has 0 bridgehead atoms. The lowest BCUT2D eigenvalue weighted by atomic mass is 10.1. The molecule has 2 aliphatic carbocycles. The van der Waals surface area contributed by atoms with Gasteiger partial charge in [-0.1, -0.05) is 28.8 Å². The van der Waals surface area contributed by atoms with Crippen LogP contribution >= 0.6 is 15.9 Å². The van der Waals surface area contributed by atoms with Crippen molar-refractivity contribution in [2.45, 2.75) is 64.3 Å². The van der Waals surface area contributed by atoms with Crippen LogP contribution in [0.1, 0.15) is 61.3 Å². The summed E-state index contributed by atoms with van der Waals surface area (Å²) in [6, 6.07) is 6.92. The number of hydrogen-bond acceptors (Lipinski definition) is 4. The van der Waals surface area contributed by atoms with Gasteiger partial charge in [0.2, 0.25) is 5.95 Å². The number of anilines is 3. The van der Waals surface area contributed by atoms with E-state index in [9.17, 15) is 0 Å². The Kier molecular flexibility index (Phi) is 4.67. The summed E-state index contributed by atoms with van der Waals surface area (Å²) in [5.41, 5.74) is 4.73. The minimum absolute atomic E-state index is 0.526. The van der Waals surface area contributed by atoms with Crippen LogP contribution in [0.3, 0.4) is 0 Å². The maximum Gasteiger partial charge on any atom is 0.225 e. The van der Waals surface area contributed by atoms with Crippen molar-refractivity contribution in [1.29, 1.82) is 0 Å². The molecule has 0 atom stereocenters. The molecule has 0 amide bonds. The minimum atomic E-state index is 0.526. The van der Waals surface area contributed by atoms with Crippen molar-refractivity contribution in [1.82, 2.24) is 9.97 Å². The Bertz CT molecular complexity index is 756. The molecule has 2 aliphatic rings. The van der Waals surface area contributed by atoms with Crippen LogP contribution in [-0.4, -0.2) is 16.0 Å². The molecule has 0 radical (unpaired) electrons. The fourth-order valence-electron chi connectivity index (χ4n) is 3.67. The third kappa shape index (κ3) is 3.97. The van der Waals surface area contributed by atoms with Crippen molar-refractivity contribution in [3.05, 3.63) is 39.5 Å². The summed E-state index contributed by atoms with van der Waals surface area (Å²) in [5, 5.41) is 7.10. The smallest absolute Gasteiger partial charge is 0.225 e. The van der Waals surface area contributed by atoms with Crippen LogP contribution in [0.25, 0.3) is 0 Å². The zero-order valence-electron chi connectivity index (χ0n) is 14.9. The molecular weight excluding hydrogens is 376 g/mol. The molecule has 2 fully saturated rings. The van der Waals surface area contributed by atoms with E-state index in [1.165, 1.54) is 55.3 Å². The van der Waals surface area contributed by atoms with E-state index in [2.05, 4.69) is 58.6 Å². The Morgan fingerprint density at radius 1 is 0.960 bits per heavy atom. The summed E-state index contributed by atoms with van der Waals surface area (Å²) in [4.78, 5) is 9.55. The van der Waals surface area contributed by atoms with Crippen molar-refractivity contribution >= 4 is 33.4 Å². The molecule has 0 spiro atoms. The maximum atomic E-state index is 4.79. The first-order valence-electron chi connectivity index (χ1n) is 9.28. The van der Waals surface area contributed by atoms with Gasteiger partial charge in [-0.3, -0.25) is 0 Å². The number of benzene rings is 1. The van der Waals surface area contributed by atoms with Gasteiger partial charge in [-0.05, 0) is 62.8 Å². The van der Waals surface area contributed by atoms with Gasteiger partial charge in [0.1, 0.15) is 5.82 Å². The molecule has 132 valence electrons. The Morgan fingerprint density at radius 3 is 2.28 bits per heavy atom. The van der Waals surface area contributed by atoms with E-state index in [0.29, 0.717) is 12.0 Å². The number of hydrogen-bond donors (Lipinski definition) is 2. The highest BCUT2D eigenvalue weighted by atomic mass is 79.9. The molecule has 2 N–H and O–H groups in total. The van der Waals surface area contributed by atoms with Crippen LogP contribution in [0.15, 0.2) is 22.7 Å². The lowest BCUT2D eigenvalue weighted by Crippen LogP contribution is -2.17. The number of nitrogens with zero attached hydrogens (tertiary/aromatic N) is 2.